The van der Waals surface area contributed by atoms with Gasteiger partial charge in [0.1, 0.15) is 0 Å². The van der Waals surface area contributed by atoms with E-state index in [2.05, 4.69) is 36.5 Å². The van der Waals surface area contributed by atoms with Crippen LogP contribution in [0.1, 0.15) is 78.9 Å². The number of aryl methyl sites for hydroxylation is 1. The van der Waals surface area contributed by atoms with Crippen molar-refractivity contribution in [1.82, 2.24) is 5.43 Å². The molecule has 3 rings (SSSR count). The summed E-state index contributed by atoms with van der Waals surface area (Å²) in [7, 11) is 0. The van der Waals surface area contributed by atoms with Crippen molar-refractivity contribution in [3.8, 4) is 0 Å². The summed E-state index contributed by atoms with van der Waals surface area (Å²) in [5.41, 5.74) is 6.59. The van der Waals surface area contributed by atoms with Crippen molar-refractivity contribution in [2.45, 2.75) is 71.6 Å². The van der Waals surface area contributed by atoms with Crippen LogP contribution < -0.4 is 5.43 Å². The summed E-state index contributed by atoms with van der Waals surface area (Å²) in [6.07, 6.45) is 12.6. The zero-order valence-electron chi connectivity index (χ0n) is 14.9. The van der Waals surface area contributed by atoms with Crippen molar-refractivity contribution in [1.29, 1.82) is 0 Å². The van der Waals surface area contributed by atoms with Crippen molar-refractivity contribution in [2.24, 2.45) is 11.0 Å². The van der Waals surface area contributed by atoms with Crippen LogP contribution in [0.2, 0.25) is 0 Å². The lowest BCUT2D eigenvalue weighted by Gasteiger charge is -2.16. The molecule has 0 radical (unpaired) electrons. The van der Waals surface area contributed by atoms with Crippen LogP contribution in [0.15, 0.2) is 22.8 Å². The Bertz CT molecular complexity index is 657. The molecule has 2 aliphatic carbocycles. The van der Waals surface area contributed by atoms with Gasteiger partial charge in [-0.15, -0.1) is 11.3 Å². The topological polar surface area (TPSA) is 41.5 Å². The summed E-state index contributed by atoms with van der Waals surface area (Å²) in [5, 5.41) is 4.44. The Morgan fingerprint density at radius 3 is 3.08 bits per heavy atom. The Labute approximate surface area is 149 Å². The van der Waals surface area contributed by atoms with E-state index < -0.39 is 0 Å². The fourth-order valence-corrected chi connectivity index (χ4v) is 4.69. The Morgan fingerprint density at radius 1 is 1.38 bits per heavy atom. The number of hydrazone groups is 1. The van der Waals surface area contributed by atoms with Gasteiger partial charge in [-0.3, -0.25) is 4.79 Å². The Morgan fingerprint density at radius 2 is 2.25 bits per heavy atom. The minimum absolute atomic E-state index is 0.0469. The second kappa shape index (κ2) is 8.11. The number of nitrogens with one attached hydrogen (secondary N) is 1. The lowest BCUT2D eigenvalue weighted by Crippen LogP contribution is -2.18. The van der Waals surface area contributed by atoms with Crippen LogP contribution in [-0.2, 0) is 12.8 Å². The quantitative estimate of drug-likeness (QED) is 0.555. The van der Waals surface area contributed by atoms with Crippen LogP contribution in [-0.4, -0.2) is 11.6 Å². The maximum absolute atomic E-state index is 12.4. The molecule has 0 bridgehead atoms. The van der Waals surface area contributed by atoms with Crippen LogP contribution in [0, 0.1) is 5.92 Å². The molecule has 3 nitrogen and oxygen atoms in total. The Balaban J connectivity index is 1.60. The van der Waals surface area contributed by atoms with E-state index in [1.165, 1.54) is 41.7 Å². The molecule has 0 aliphatic heterocycles. The molecule has 0 aromatic carbocycles. The zero-order chi connectivity index (χ0) is 16.9. The van der Waals surface area contributed by atoms with Crippen LogP contribution in [0.5, 0.6) is 0 Å². The highest BCUT2D eigenvalue weighted by atomic mass is 32.1. The molecule has 1 aromatic heterocycles. The molecule has 0 spiro atoms. The molecule has 1 aromatic rings. The molecule has 1 amide bonds. The number of rotatable bonds is 6. The fraction of sp³-hybridized carbons (Fsp3) is 0.600. The van der Waals surface area contributed by atoms with Crippen molar-refractivity contribution < 1.29 is 4.79 Å². The molecule has 0 unspecified atom stereocenters. The monoisotopic (exact) mass is 344 g/mol. The van der Waals surface area contributed by atoms with Gasteiger partial charge in [0.25, 0.3) is 5.91 Å². The number of nitrogens with zero attached hydrogens (tertiary/aromatic N) is 1. The molecule has 1 N–H and O–H groups in total. The van der Waals surface area contributed by atoms with E-state index in [9.17, 15) is 4.79 Å². The summed E-state index contributed by atoms with van der Waals surface area (Å²) >= 11 is 1.65. The van der Waals surface area contributed by atoms with Crippen LogP contribution in [0.3, 0.4) is 0 Å². The molecule has 0 saturated carbocycles. The normalized spacial score (nSPS) is 21.7. The third-order valence-electron chi connectivity index (χ3n) is 5.04. The number of carbonyl (C=O) groups is 1. The molecule has 1 heterocycles. The van der Waals surface area contributed by atoms with Gasteiger partial charge in [-0.1, -0.05) is 32.8 Å². The first kappa shape index (κ1) is 17.4. The molecular formula is C20H28N2OS. The van der Waals surface area contributed by atoms with E-state index >= 15 is 0 Å². The van der Waals surface area contributed by atoms with E-state index in [0.717, 1.165) is 48.6 Å². The smallest absolute Gasteiger partial charge is 0.266 e. The largest absolute Gasteiger partial charge is 0.281 e. The zero-order valence-corrected chi connectivity index (χ0v) is 15.7. The van der Waals surface area contributed by atoms with E-state index in [4.69, 9.17) is 0 Å². The summed E-state index contributed by atoms with van der Waals surface area (Å²) in [6, 6.07) is 2.08. The van der Waals surface area contributed by atoms with Crippen LogP contribution in [0.4, 0.5) is 0 Å². The van der Waals surface area contributed by atoms with Gasteiger partial charge in [0.05, 0.1) is 10.6 Å². The first-order valence-corrected chi connectivity index (χ1v) is 10.2. The number of unbranched alkanes of at least 4 members (excludes halogenated alkanes) is 2. The molecule has 130 valence electrons. The number of carbonyl (C=O) groups excluding carboxylic acids is 1. The molecule has 24 heavy (non-hydrogen) atoms. The second-order valence-electron chi connectivity index (χ2n) is 7.13. The van der Waals surface area contributed by atoms with Gasteiger partial charge >= 0.3 is 0 Å². The Kier molecular flexibility index (Phi) is 5.88. The first-order valence-electron chi connectivity index (χ1n) is 9.35. The molecule has 2 aliphatic rings. The third kappa shape index (κ3) is 4.15. The van der Waals surface area contributed by atoms with E-state index in [1.54, 1.807) is 11.3 Å². The van der Waals surface area contributed by atoms with Crippen molar-refractivity contribution in [3.63, 3.8) is 0 Å². The van der Waals surface area contributed by atoms with Gasteiger partial charge in [0.2, 0.25) is 0 Å². The number of hydrogen-bond acceptors (Lipinski definition) is 3. The standard InChI is InChI=1S/C20H28N2OS/c1-3-4-5-7-15-8-6-9-17(15)21-22-20(23)19-13-16-12-14(2)10-11-18(16)24-19/h8,13-14H,3-7,9-12H2,1-2H3,(H,22,23)/t14-/m1/s1. The SMILES string of the molecule is CCCCCC1=CCCC1=NNC(=O)c1cc2c(s1)CC[C@@H](C)C2. The number of thiophene rings is 1. The second-order valence-corrected chi connectivity index (χ2v) is 8.27. The molecule has 4 heteroatoms. The average Bonchev–Trinajstić information content (AvgIpc) is 3.19. The number of amides is 1. The summed E-state index contributed by atoms with van der Waals surface area (Å²) in [4.78, 5) is 14.6. The highest BCUT2D eigenvalue weighted by Gasteiger charge is 2.21. The Hall–Kier alpha value is -1.42. The van der Waals surface area contributed by atoms with Crippen LogP contribution >= 0.6 is 11.3 Å². The lowest BCUT2D eigenvalue weighted by atomic mass is 9.90. The minimum atomic E-state index is -0.0469. The highest BCUT2D eigenvalue weighted by Crippen LogP contribution is 2.32. The van der Waals surface area contributed by atoms with E-state index in [-0.39, 0.29) is 5.91 Å². The first-order chi connectivity index (χ1) is 11.7. The van der Waals surface area contributed by atoms with E-state index in [0.29, 0.717) is 0 Å². The minimum Gasteiger partial charge on any atom is -0.266 e. The molecular weight excluding hydrogens is 316 g/mol. The number of allylic oxidation sites excluding steroid dienone is 2. The van der Waals surface area contributed by atoms with Crippen molar-refractivity contribution >= 4 is 23.0 Å². The third-order valence-corrected chi connectivity index (χ3v) is 6.27. The van der Waals surface area contributed by atoms with Gasteiger partial charge < -0.3 is 0 Å². The maximum atomic E-state index is 12.4. The highest BCUT2D eigenvalue weighted by molar-refractivity contribution is 7.14. The predicted molar refractivity (Wildman–Crippen MR) is 102 cm³/mol. The predicted octanol–water partition coefficient (Wildman–Crippen LogP) is 5.26. The lowest BCUT2D eigenvalue weighted by molar-refractivity contribution is 0.0958. The summed E-state index contributed by atoms with van der Waals surface area (Å²) < 4.78 is 0. The summed E-state index contributed by atoms with van der Waals surface area (Å²) in [6.45, 7) is 4.51. The van der Waals surface area contributed by atoms with Gasteiger partial charge in [-0.05, 0) is 68.1 Å². The average molecular weight is 345 g/mol. The van der Waals surface area contributed by atoms with Crippen molar-refractivity contribution in [2.75, 3.05) is 0 Å². The summed E-state index contributed by atoms with van der Waals surface area (Å²) in [5.74, 6) is 0.687. The van der Waals surface area contributed by atoms with Gasteiger partial charge in [0, 0.05) is 4.88 Å². The number of fused-ring (bicyclic) bond motifs is 1. The number of hydrogen-bond donors (Lipinski definition) is 1. The molecule has 1 atom stereocenters. The van der Waals surface area contributed by atoms with Gasteiger partial charge in [-0.25, -0.2) is 5.43 Å². The van der Waals surface area contributed by atoms with Gasteiger partial charge in [0.15, 0.2) is 0 Å². The molecule has 0 fully saturated rings. The van der Waals surface area contributed by atoms with Gasteiger partial charge in [-0.2, -0.15) is 5.10 Å². The maximum Gasteiger partial charge on any atom is 0.281 e. The fourth-order valence-electron chi connectivity index (χ4n) is 3.59. The van der Waals surface area contributed by atoms with Crippen LogP contribution in [0.25, 0.3) is 0 Å². The van der Waals surface area contributed by atoms with Crippen molar-refractivity contribution in [3.05, 3.63) is 33.0 Å². The molecule has 0 saturated heterocycles. The van der Waals surface area contributed by atoms with E-state index in [1.807, 2.05) is 0 Å².